The Morgan fingerprint density at radius 3 is 2.35 bits per heavy atom. The third kappa shape index (κ3) is 3.56. The Morgan fingerprint density at radius 2 is 1.88 bits per heavy atom. The second-order valence-electron chi connectivity index (χ2n) is 3.30. The van der Waals surface area contributed by atoms with Gasteiger partial charge in [0.1, 0.15) is 0 Å². The predicted molar refractivity (Wildman–Crippen MR) is 64.7 cm³/mol. The van der Waals surface area contributed by atoms with E-state index in [1.54, 1.807) is 26.0 Å². The molecule has 0 spiro atoms. The number of non-ortho nitro benzene ring substituents is 1. The molecule has 90 valence electrons. The molecule has 0 aromatic heterocycles. The Kier molecular flexibility index (Phi) is 4.15. The monoisotopic (exact) mass is 236 g/mol. The number of hydrogen-bond acceptors (Lipinski definition) is 6. The van der Waals surface area contributed by atoms with E-state index in [9.17, 15) is 10.1 Å². The summed E-state index contributed by atoms with van der Waals surface area (Å²) < 4.78 is 0. The van der Waals surface area contributed by atoms with Gasteiger partial charge < -0.3 is 5.21 Å². The van der Waals surface area contributed by atoms with Gasteiger partial charge in [-0.1, -0.05) is 5.16 Å². The first-order valence-electron chi connectivity index (χ1n) is 4.78. The van der Waals surface area contributed by atoms with Crippen molar-refractivity contribution in [1.29, 1.82) is 0 Å². The van der Waals surface area contributed by atoms with Crippen molar-refractivity contribution in [3.8, 4) is 0 Å². The molecule has 0 radical (unpaired) electrons. The highest BCUT2D eigenvalue weighted by Crippen LogP contribution is 2.15. The van der Waals surface area contributed by atoms with E-state index in [-0.39, 0.29) is 5.69 Å². The summed E-state index contributed by atoms with van der Waals surface area (Å²) in [4.78, 5) is 9.95. The number of nitrogens with zero attached hydrogens (tertiary/aromatic N) is 3. The smallest absolute Gasteiger partial charge is 0.269 e. The summed E-state index contributed by atoms with van der Waals surface area (Å²) in [6, 6.07) is 5.83. The number of hydrazone groups is 1. The Morgan fingerprint density at radius 1 is 1.29 bits per heavy atom. The predicted octanol–water partition coefficient (Wildman–Crippen LogP) is 2.23. The zero-order chi connectivity index (χ0) is 12.8. The van der Waals surface area contributed by atoms with Crippen molar-refractivity contribution in [3.05, 3.63) is 34.4 Å². The summed E-state index contributed by atoms with van der Waals surface area (Å²) in [7, 11) is 0. The first kappa shape index (κ1) is 12.6. The molecule has 2 N–H and O–H groups in total. The van der Waals surface area contributed by atoms with Gasteiger partial charge in [0.2, 0.25) is 0 Å². The van der Waals surface area contributed by atoms with Crippen LogP contribution in [0, 0.1) is 10.1 Å². The van der Waals surface area contributed by atoms with Crippen LogP contribution in [0.2, 0.25) is 0 Å². The van der Waals surface area contributed by atoms with Gasteiger partial charge in [-0.2, -0.15) is 5.10 Å². The van der Waals surface area contributed by atoms with Crippen LogP contribution < -0.4 is 5.43 Å². The van der Waals surface area contributed by atoms with E-state index in [2.05, 4.69) is 15.7 Å². The van der Waals surface area contributed by atoms with Gasteiger partial charge >= 0.3 is 0 Å². The standard InChI is InChI=1S/C10H12N4O3/c1-7(8(2)13-15)11-12-9-3-5-10(6-4-9)14(16)17/h3-6,12,15H,1-2H3. The van der Waals surface area contributed by atoms with Gasteiger partial charge in [-0.05, 0) is 26.0 Å². The Hall–Kier alpha value is -2.44. The van der Waals surface area contributed by atoms with E-state index < -0.39 is 4.92 Å². The SMILES string of the molecule is CC(=NO)C(C)=NNc1ccc([N+](=O)[O-])cc1. The van der Waals surface area contributed by atoms with Crippen molar-refractivity contribution in [2.24, 2.45) is 10.3 Å². The molecule has 0 amide bonds. The lowest BCUT2D eigenvalue weighted by molar-refractivity contribution is -0.384. The lowest BCUT2D eigenvalue weighted by Crippen LogP contribution is -2.08. The van der Waals surface area contributed by atoms with Gasteiger partial charge in [0.25, 0.3) is 5.69 Å². The topological polar surface area (TPSA) is 100 Å². The van der Waals surface area contributed by atoms with E-state index >= 15 is 0 Å². The normalized spacial score (nSPS) is 12.4. The maximum Gasteiger partial charge on any atom is 0.269 e. The fourth-order valence-corrected chi connectivity index (χ4v) is 0.959. The van der Waals surface area contributed by atoms with E-state index in [1.165, 1.54) is 12.1 Å². The van der Waals surface area contributed by atoms with Gasteiger partial charge in [-0.25, -0.2) is 0 Å². The van der Waals surface area contributed by atoms with Crippen LogP contribution in [-0.4, -0.2) is 21.6 Å². The maximum absolute atomic E-state index is 10.4. The quantitative estimate of drug-likeness (QED) is 0.362. The molecule has 0 aliphatic heterocycles. The van der Waals surface area contributed by atoms with E-state index in [1.807, 2.05) is 0 Å². The molecule has 7 heteroatoms. The van der Waals surface area contributed by atoms with Crippen LogP contribution in [0.15, 0.2) is 34.5 Å². The molecule has 7 nitrogen and oxygen atoms in total. The van der Waals surface area contributed by atoms with Crippen LogP contribution >= 0.6 is 0 Å². The number of rotatable bonds is 4. The van der Waals surface area contributed by atoms with Crippen molar-refractivity contribution in [3.63, 3.8) is 0 Å². The highest BCUT2D eigenvalue weighted by atomic mass is 16.6. The second kappa shape index (κ2) is 5.59. The number of nitro groups is 1. The molecular weight excluding hydrogens is 224 g/mol. The first-order chi connectivity index (χ1) is 8.04. The molecule has 1 rings (SSSR count). The molecule has 0 bridgehead atoms. The molecule has 0 saturated heterocycles. The Bertz CT molecular complexity index is 465. The van der Waals surface area contributed by atoms with Crippen molar-refractivity contribution in [1.82, 2.24) is 0 Å². The number of oxime groups is 1. The van der Waals surface area contributed by atoms with Crippen molar-refractivity contribution in [2.45, 2.75) is 13.8 Å². The van der Waals surface area contributed by atoms with Crippen LogP contribution in [0.1, 0.15) is 13.8 Å². The van der Waals surface area contributed by atoms with Gasteiger partial charge in [-0.3, -0.25) is 15.5 Å². The number of nitro benzene ring substituents is 1. The van der Waals surface area contributed by atoms with E-state index in [0.29, 0.717) is 17.1 Å². The molecular formula is C10H12N4O3. The van der Waals surface area contributed by atoms with Gasteiger partial charge in [0.15, 0.2) is 0 Å². The minimum absolute atomic E-state index is 0.0179. The Balaban J connectivity index is 2.74. The van der Waals surface area contributed by atoms with Crippen LogP contribution in [0.25, 0.3) is 0 Å². The lowest BCUT2D eigenvalue weighted by atomic mass is 10.3. The highest BCUT2D eigenvalue weighted by molar-refractivity contribution is 6.40. The summed E-state index contributed by atoms with van der Waals surface area (Å²) in [5, 5.41) is 25.9. The Labute approximate surface area is 97.6 Å². The highest BCUT2D eigenvalue weighted by Gasteiger charge is 2.03. The van der Waals surface area contributed by atoms with Crippen molar-refractivity contribution < 1.29 is 10.1 Å². The molecule has 17 heavy (non-hydrogen) atoms. The molecule has 1 aromatic rings. The van der Waals surface area contributed by atoms with Crippen LogP contribution in [-0.2, 0) is 0 Å². The maximum atomic E-state index is 10.4. The minimum atomic E-state index is -0.471. The van der Waals surface area contributed by atoms with E-state index in [0.717, 1.165) is 0 Å². The summed E-state index contributed by atoms with van der Waals surface area (Å²) >= 11 is 0. The second-order valence-corrected chi connectivity index (χ2v) is 3.30. The summed E-state index contributed by atoms with van der Waals surface area (Å²) in [5.74, 6) is 0. The molecule has 0 atom stereocenters. The van der Waals surface area contributed by atoms with Gasteiger partial charge in [0, 0.05) is 12.1 Å². The van der Waals surface area contributed by atoms with Crippen molar-refractivity contribution >= 4 is 22.8 Å². The summed E-state index contributed by atoms with van der Waals surface area (Å²) in [6.45, 7) is 3.28. The summed E-state index contributed by atoms with van der Waals surface area (Å²) in [6.07, 6.45) is 0. The van der Waals surface area contributed by atoms with Crippen LogP contribution in [0.3, 0.4) is 0 Å². The summed E-state index contributed by atoms with van der Waals surface area (Å²) in [5.41, 5.74) is 4.24. The number of hydrogen-bond donors (Lipinski definition) is 2. The van der Waals surface area contributed by atoms with Crippen molar-refractivity contribution in [2.75, 3.05) is 5.43 Å². The fraction of sp³-hybridized carbons (Fsp3) is 0.200. The number of benzene rings is 1. The zero-order valence-electron chi connectivity index (χ0n) is 9.41. The van der Waals surface area contributed by atoms with Gasteiger partial charge in [0.05, 0.1) is 22.0 Å². The minimum Gasteiger partial charge on any atom is -0.411 e. The molecule has 0 saturated carbocycles. The third-order valence-electron chi connectivity index (χ3n) is 2.10. The zero-order valence-corrected chi connectivity index (χ0v) is 9.41. The number of anilines is 1. The lowest BCUT2D eigenvalue weighted by Gasteiger charge is -2.01. The van der Waals surface area contributed by atoms with Gasteiger partial charge in [-0.15, -0.1) is 0 Å². The molecule has 0 fully saturated rings. The van der Waals surface area contributed by atoms with Crippen LogP contribution in [0.4, 0.5) is 11.4 Å². The molecule has 0 unspecified atom stereocenters. The molecule has 1 aromatic carbocycles. The largest absolute Gasteiger partial charge is 0.411 e. The first-order valence-corrected chi connectivity index (χ1v) is 4.78. The average Bonchev–Trinajstić information content (AvgIpc) is 2.35. The fourth-order valence-electron chi connectivity index (χ4n) is 0.959. The van der Waals surface area contributed by atoms with E-state index in [4.69, 9.17) is 5.21 Å². The number of nitrogens with one attached hydrogen (secondary N) is 1. The molecule has 0 aliphatic rings. The molecule has 0 heterocycles. The average molecular weight is 236 g/mol. The molecule has 0 aliphatic carbocycles. The van der Waals surface area contributed by atoms with Crippen LogP contribution in [0.5, 0.6) is 0 Å². The third-order valence-corrected chi connectivity index (χ3v) is 2.10.